The van der Waals surface area contributed by atoms with Crippen LogP contribution in [0, 0.1) is 11.8 Å². The van der Waals surface area contributed by atoms with Crippen molar-refractivity contribution in [3.8, 4) is 0 Å². The van der Waals surface area contributed by atoms with Crippen molar-refractivity contribution in [2.75, 3.05) is 0 Å². The van der Waals surface area contributed by atoms with Crippen molar-refractivity contribution in [2.24, 2.45) is 29.0 Å². The van der Waals surface area contributed by atoms with Gasteiger partial charge in [0.1, 0.15) is 6.10 Å². The summed E-state index contributed by atoms with van der Waals surface area (Å²) >= 11 is 8.57. The monoisotopic (exact) mass is 415 g/mol. The molecule has 26 heavy (non-hydrogen) atoms. The molecule has 2 aliphatic carbocycles. The Hall–Kier alpha value is 0.340. The summed E-state index contributed by atoms with van der Waals surface area (Å²) in [7, 11) is 0. The molecular weight excluding hydrogens is 377 g/mol. The molecule has 2 unspecified atom stereocenters. The van der Waals surface area contributed by atoms with Gasteiger partial charge >= 0.3 is 29.6 Å². The van der Waals surface area contributed by atoms with E-state index in [1.807, 2.05) is 0 Å². The van der Waals surface area contributed by atoms with Crippen LogP contribution in [0.5, 0.6) is 0 Å². The molecule has 2 fully saturated rings. The van der Waals surface area contributed by atoms with Crippen LogP contribution in [0.3, 0.4) is 0 Å². The van der Waals surface area contributed by atoms with Gasteiger partial charge in [-0.3, -0.25) is 0 Å². The van der Waals surface area contributed by atoms with E-state index in [4.69, 9.17) is 33.5 Å². The molecule has 0 aliphatic heterocycles. The summed E-state index contributed by atoms with van der Waals surface area (Å²) in [6.45, 7) is 4.20. The molecule has 8 heteroatoms. The van der Waals surface area contributed by atoms with Gasteiger partial charge in [-0.2, -0.15) is 0 Å². The maximum atomic E-state index is 7.56. The van der Waals surface area contributed by atoms with Crippen LogP contribution in [-0.4, -0.2) is 57.2 Å². The summed E-state index contributed by atoms with van der Waals surface area (Å²) in [5.74, 6) is 1.50. The van der Waals surface area contributed by atoms with Gasteiger partial charge in [-0.1, -0.05) is 38.5 Å². The number of aliphatic hydroxyl groups is 1. The molecule has 2 atom stereocenters. The van der Waals surface area contributed by atoms with E-state index in [0.29, 0.717) is 12.0 Å². The van der Waals surface area contributed by atoms with E-state index in [1.165, 1.54) is 64.2 Å². The third-order valence-corrected chi connectivity index (χ3v) is 5.11. The Kier molecular flexibility index (Phi) is 19.1. The summed E-state index contributed by atoms with van der Waals surface area (Å²) in [5.41, 5.74) is 15.5. The summed E-state index contributed by atoms with van der Waals surface area (Å²) in [5, 5.41) is 7.25. The first-order chi connectivity index (χ1) is 11.7. The fraction of sp³-hybridized carbons (Fsp3) is 0.889. The Labute approximate surface area is 192 Å². The van der Waals surface area contributed by atoms with Gasteiger partial charge in [-0.05, 0) is 75.8 Å². The third-order valence-electron chi connectivity index (χ3n) is 5.01. The SMILES string of the molecule is CC(N)C1CCCCC1.CC(OC(N)=S)C1CCCCC1.NC(O)=S.[NaH]. The molecule has 0 aromatic heterocycles. The number of nitrogens with two attached hydrogens (primary N) is 3. The van der Waals surface area contributed by atoms with E-state index < -0.39 is 5.17 Å². The summed E-state index contributed by atoms with van der Waals surface area (Å²) < 4.78 is 5.30. The predicted molar refractivity (Wildman–Crippen MR) is 121 cm³/mol. The summed E-state index contributed by atoms with van der Waals surface area (Å²) in [6.07, 6.45) is 13.8. The molecule has 0 aromatic carbocycles. The number of ether oxygens (including phenoxy) is 1. The maximum absolute atomic E-state index is 7.56. The van der Waals surface area contributed by atoms with Gasteiger partial charge in [-0.25, -0.2) is 0 Å². The minimum absolute atomic E-state index is 0. The van der Waals surface area contributed by atoms with Crippen molar-refractivity contribution in [3.63, 3.8) is 0 Å². The molecule has 0 heterocycles. The molecule has 0 bridgehead atoms. The zero-order valence-corrected chi connectivity index (χ0v) is 17.4. The van der Waals surface area contributed by atoms with Gasteiger partial charge in [0.15, 0.2) is 0 Å². The molecule has 0 radical (unpaired) electrons. The first-order valence-electron chi connectivity index (χ1n) is 9.44. The predicted octanol–water partition coefficient (Wildman–Crippen LogP) is 3.27. The average molecular weight is 416 g/mol. The topological polar surface area (TPSA) is 108 Å². The molecule has 0 saturated heterocycles. The Balaban J connectivity index is 0. The van der Waals surface area contributed by atoms with Crippen LogP contribution >= 0.6 is 24.4 Å². The number of thiocarbonyl (C=S) groups is 2. The number of hydrogen-bond donors (Lipinski definition) is 4. The number of aliphatic hydroxyl groups excluding tert-OH is 1. The molecule has 2 saturated carbocycles. The molecule has 0 aromatic rings. The van der Waals surface area contributed by atoms with E-state index in [-0.39, 0.29) is 40.8 Å². The van der Waals surface area contributed by atoms with Gasteiger partial charge in [0.05, 0.1) is 0 Å². The normalized spacial score (nSPS) is 20.0. The zero-order valence-electron chi connectivity index (χ0n) is 15.8. The standard InChI is InChI=1S/C9H17NOS.C8H17N.CH3NOS.Na.H/c1-7(11-9(10)12)8-5-3-2-4-6-8;1-7(9)8-5-3-2-4-6-8;2-1(3)4;;/h7-8H,2-6H2,1H3,(H2,10,12);7-8H,2-6,9H2,1H3;(H3,2,3,4);;. The van der Waals surface area contributed by atoms with Crippen molar-refractivity contribution in [2.45, 2.75) is 90.2 Å². The van der Waals surface area contributed by atoms with Gasteiger partial charge in [-0.15, -0.1) is 0 Å². The van der Waals surface area contributed by atoms with Gasteiger partial charge in [0.2, 0.25) is 0 Å². The second-order valence-corrected chi connectivity index (χ2v) is 7.96. The molecular formula is C18H38N3NaO2S2. The molecule has 7 N–H and O–H groups in total. The van der Waals surface area contributed by atoms with E-state index in [9.17, 15) is 0 Å². The van der Waals surface area contributed by atoms with Crippen LogP contribution in [0.2, 0.25) is 0 Å². The third kappa shape index (κ3) is 16.5. The Morgan fingerprint density at radius 1 is 0.885 bits per heavy atom. The average Bonchev–Trinajstić information content (AvgIpc) is 2.56. The van der Waals surface area contributed by atoms with Crippen LogP contribution in [0.25, 0.3) is 0 Å². The summed E-state index contributed by atoms with van der Waals surface area (Å²) in [6, 6.07) is 0.435. The number of rotatable bonds is 3. The van der Waals surface area contributed by atoms with Crippen molar-refractivity contribution < 1.29 is 9.84 Å². The molecule has 0 spiro atoms. The Bertz CT molecular complexity index is 371. The van der Waals surface area contributed by atoms with E-state index in [0.717, 1.165) is 5.92 Å². The van der Waals surface area contributed by atoms with Crippen LogP contribution in [-0.2, 0) is 4.74 Å². The molecule has 2 rings (SSSR count). The van der Waals surface area contributed by atoms with E-state index in [1.54, 1.807) is 0 Å². The van der Waals surface area contributed by atoms with Crippen LogP contribution in [0.15, 0.2) is 0 Å². The number of hydrogen-bond acceptors (Lipinski definition) is 4. The van der Waals surface area contributed by atoms with E-state index in [2.05, 4.69) is 31.8 Å². The second-order valence-electron chi connectivity index (χ2n) is 7.14. The molecule has 150 valence electrons. The van der Waals surface area contributed by atoms with E-state index >= 15 is 0 Å². The summed E-state index contributed by atoms with van der Waals surface area (Å²) in [4.78, 5) is 0. The van der Waals surface area contributed by atoms with Crippen LogP contribution in [0.4, 0.5) is 0 Å². The van der Waals surface area contributed by atoms with Crippen molar-refractivity contribution in [1.82, 2.24) is 0 Å². The fourth-order valence-corrected chi connectivity index (χ4v) is 3.69. The second kappa shape index (κ2) is 17.4. The fourth-order valence-electron chi connectivity index (χ4n) is 3.54. The zero-order chi connectivity index (χ0) is 19.2. The molecule has 5 nitrogen and oxygen atoms in total. The van der Waals surface area contributed by atoms with Gasteiger partial charge in [0, 0.05) is 6.04 Å². The quantitative estimate of drug-likeness (QED) is 0.414. The minimum atomic E-state index is -0.500. The first kappa shape index (κ1) is 28.5. The van der Waals surface area contributed by atoms with Crippen molar-refractivity contribution in [3.05, 3.63) is 0 Å². The molecule has 2 aliphatic rings. The van der Waals surface area contributed by atoms with Crippen molar-refractivity contribution in [1.29, 1.82) is 0 Å². The van der Waals surface area contributed by atoms with Crippen LogP contribution < -0.4 is 17.2 Å². The first-order valence-corrected chi connectivity index (χ1v) is 10.3. The Morgan fingerprint density at radius 3 is 1.50 bits per heavy atom. The van der Waals surface area contributed by atoms with Gasteiger partial charge < -0.3 is 27.0 Å². The Morgan fingerprint density at radius 2 is 1.23 bits per heavy atom. The van der Waals surface area contributed by atoms with Crippen molar-refractivity contribution >= 4 is 64.3 Å². The van der Waals surface area contributed by atoms with Gasteiger partial charge in [0.25, 0.3) is 10.3 Å². The molecule has 0 amide bonds. The van der Waals surface area contributed by atoms with Crippen LogP contribution in [0.1, 0.15) is 78.1 Å².